The Labute approximate surface area is 103 Å². The van der Waals surface area contributed by atoms with E-state index in [0.717, 1.165) is 12.8 Å². The van der Waals surface area contributed by atoms with Crippen molar-refractivity contribution in [2.45, 2.75) is 39.6 Å². The largest absolute Gasteiger partial charge is 0.401 e. The van der Waals surface area contributed by atoms with Crippen molar-refractivity contribution < 1.29 is 19.0 Å². The van der Waals surface area contributed by atoms with Crippen LogP contribution in [0, 0.1) is 0 Å². The van der Waals surface area contributed by atoms with Crippen molar-refractivity contribution in [3.05, 3.63) is 24.8 Å². The normalized spacial score (nSPS) is 11.0. The summed E-state index contributed by atoms with van der Waals surface area (Å²) in [4.78, 5) is 11.5. The predicted octanol–water partition coefficient (Wildman–Crippen LogP) is 2.80. The minimum Gasteiger partial charge on any atom is -0.401 e. The lowest BCUT2D eigenvalue weighted by Crippen LogP contribution is -2.39. The Kier molecular flexibility index (Phi) is 7.50. The van der Waals surface area contributed by atoms with E-state index in [-0.39, 0.29) is 5.57 Å². The molecule has 0 bridgehead atoms. The Morgan fingerprint density at radius 1 is 1.24 bits per heavy atom. The highest BCUT2D eigenvalue weighted by atomic mass is 16.9. The van der Waals surface area contributed by atoms with Crippen molar-refractivity contribution in [1.29, 1.82) is 0 Å². The molecule has 0 N–H and O–H groups in total. The highest BCUT2D eigenvalue weighted by Gasteiger charge is 2.33. The Morgan fingerprint density at radius 2 is 1.71 bits per heavy atom. The minimum absolute atomic E-state index is 0.288. The van der Waals surface area contributed by atoms with Gasteiger partial charge in [-0.25, -0.2) is 4.79 Å². The molecule has 0 atom stereocenters. The first-order valence-electron chi connectivity index (χ1n) is 5.81. The molecule has 0 fully saturated rings. The molecule has 0 aliphatic rings. The maximum Gasteiger partial charge on any atom is 0.351 e. The minimum atomic E-state index is -1.50. The van der Waals surface area contributed by atoms with Crippen LogP contribution in [0.1, 0.15) is 33.6 Å². The summed E-state index contributed by atoms with van der Waals surface area (Å²) in [7, 11) is 0. The van der Waals surface area contributed by atoms with Crippen LogP contribution in [0.3, 0.4) is 0 Å². The van der Waals surface area contributed by atoms with Gasteiger partial charge in [0.15, 0.2) is 0 Å². The topological polar surface area (TPSA) is 44.8 Å². The summed E-state index contributed by atoms with van der Waals surface area (Å²) in [5, 5.41) is 0. The fourth-order valence-electron chi connectivity index (χ4n) is 0.965. The molecule has 0 saturated carbocycles. The molecule has 0 aromatic heterocycles. The van der Waals surface area contributed by atoms with Gasteiger partial charge in [-0.05, 0) is 19.8 Å². The first-order valence-corrected chi connectivity index (χ1v) is 5.81. The summed E-state index contributed by atoms with van der Waals surface area (Å²) in [6.07, 6.45) is 2.92. The Bertz CT molecular complexity index is 263. The van der Waals surface area contributed by atoms with Crippen molar-refractivity contribution in [3.63, 3.8) is 0 Å². The van der Waals surface area contributed by atoms with Crippen LogP contribution in [0.4, 0.5) is 0 Å². The standard InChI is InChI=1S/C13H22O4/c1-6-9-15-13(8-3,16-10-7-2)17-12(14)11(4)5/h8H,3-4,6-7,9-10H2,1-2,5H3. The van der Waals surface area contributed by atoms with E-state index >= 15 is 0 Å². The molecule has 0 aromatic carbocycles. The van der Waals surface area contributed by atoms with Gasteiger partial charge in [-0.15, -0.1) is 0 Å². The SMILES string of the molecule is C=CC(OCCC)(OCCC)OC(=O)C(=C)C. The van der Waals surface area contributed by atoms with Crippen LogP contribution in [0.15, 0.2) is 24.8 Å². The molecule has 0 aliphatic carbocycles. The molecule has 0 rings (SSSR count). The van der Waals surface area contributed by atoms with E-state index in [1.54, 1.807) is 6.92 Å². The molecule has 0 aromatic rings. The summed E-state index contributed by atoms with van der Waals surface area (Å²) in [5.74, 6) is -2.06. The second-order valence-electron chi connectivity index (χ2n) is 3.67. The van der Waals surface area contributed by atoms with Gasteiger partial charge < -0.3 is 14.2 Å². The molecule has 0 unspecified atom stereocenters. The average molecular weight is 242 g/mol. The van der Waals surface area contributed by atoms with Gasteiger partial charge in [-0.1, -0.05) is 27.0 Å². The van der Waals surface area contributed by atoms with Crippen molar-refractivity contribution in [3.8, 4) is 0 Å². The van der Waals surface area contributed by atoms with E-state index in [0.29, 0.717) is 13.2 Å². The summed E-state index contributed by atoms with van der Waals surface area (Å²) in [5.41, 5.74) is 0.288. The van der Waals surface area contributed by atoms with Gasteiger partial charge in [-0.2, -0.15) is 0 Å². The third-order valence-electron chi connectivity index (χ3n) is 1.85. The maximum atomic E-state index is 11.5. The zero-order valence-corrected chi connectivity index (χ0v) is 11.0. The molecule has 17 heavy (non-hydrogen) atoms. The van der Waals surface area contributed by atoms with Crippen molar-refractivity contribution in [1.82, 2.24) is 0 Å². The summed E-state index contributed by atoms with van der Waals surface area (Å²) >= 11 is 0. The van der Waals surface area contributed by atoms with Crippen molar-refractivity contribution in [2.24, 2.45) is 0 Å². The maximum absolute atomic E-state index is 11.5. The summed E-state index contributed by atoms with van der Waals surface area (Å²) in [6.45, 7) is 13.4. The number of carbonyl (C=O) groups is 1. The highest BCUT2D eigenvalue weighted by Crippen LogP contribution is 2.19. The van der Waals surface area contributed by atoms with Crippen LogP contribution in [0.2, 0.25) is 0 Å². The van der Waals surface area contributed by atoms with Crippen LogP contribution < -0.4 is 0 Å². The van der Waals surface area contributed by atoms with Gasteiger partial charge in [-0.3, -0.25) is 0 Å². The van der Waals surface area contributed by atoms with Crippen LogP contribution >= 0.6 is 0 Å². The van der Waals surface area contributed by atoms with E-state index < -0.39 is 11.9 Å². The van der Waals surface area contributed by atoms with Crippen LogP contribution in [-0.4, -0.2) is 25.2 Å². The molecule has 0 radical (unpaired) electrons. The van der Waals surface area contributed by atoms with Crippen LogP contribution in [0.5, 0.6) is 0 Å². The molecule has 4 nitrogen and oxygen atoms in total. The van der Waals surface area contributed by atoms with Gasteiger partial charge in [0.1, 0.15) is 0 Å². The van der Waals surface area contributed by atoms with Gasteiger partial charge in [0, 0.05) is 11.6 Å². The molecular weight excluding hydrogens is 220 g/mol. The van der Waals surface area contributed by atoms with Crippen LogP contribution in [-0.2, 0) is 19.0 Å². The summed E-state index contributed by atoms with van der Waals surface area (Å²) < 4.78 is 16.0. The molecule has 98 valence electrons. The first-order chi connectivity index (χ1) is 8.01. The second kappa shape index (κ2) is 8.03. The van der Waals surface area contributed by atoms with Crippen molar-refractivity contribution in [2.75, 3.05) is 13.2 Å². The Hall–Kier alpha value is -1.13. The fourth-order valence-corrected chi connectivity index (χ4v) is 0.965. The van der Waals surface area contributed by atoms with Gasteiger partial charge in [0.05, 0.1) is 13.2 Å². The molecule has 0 aliphatic heterocycles. The predicted molar refractivity (Wildman–Crippen MR) is 66.3 cm³/mol. The number of esters is 1. The Balaban J connectivity index is 4.70. The third kappa shape index (κ3) is 5.65. The average Bonchev–Trinajstić information content (AvgIpc) is 2.32. The number of hydrogen-bond donors (Lipinski definition) is 0. The second-order valence-corrected chi connectivity index (χ2v) is 3.67. The molecule has 0 amide bonds. The van der Waals surface area contributed by atoms with E-state index in [1.165, 1.54) is 6.08 Å². The van der Waals surface area contributed by atoms with E-state index in [4.69, 9.17) is 14.2 Å². The van der Waals surface area contributed by atoms with Crippen molar-refractivity contribution >= 4 is 5.97 Å². The molecular formula is C13H22O4. The van der Waals surface area contributed by atoms with Gasteiger partial charge >= 0.3 is 11.9 Å². The number of hydrogen-bond acceptors (Lipinski definition) is 4. The zero-order chi connectivity index (χ0) is 13.3. The van der Waals surface area contributed by atoms with Gasteiger partial charge in [0.25, 0.3) is 0 Å². The molecule has 0 saturated heterocycles. The van der Waals surface area contributed by atoms with Crippen LogP contribution in [0.25, 0.3) is 0 Å². The number of ether oxygens (including phenoxy) is 3. The lowest BCUT2D eigenvalue weighted by Gasteiger charge is -2.29. The van der Waals surface area contributed by atoms with E-state index in [1.807, 2.05) is 13.8 Å². The molecule has 0 heterocycles. The molecule has 0 spiro atoms. The zero-order valence-electron chi connectivity index (χ0n) is 11.0. The molecule has 4 heteroatoms. The Morgan fingerprint density at radius 3 is 2.00 bits per heavy atom. The quantitative estimate of drug-likeness (QED) is 0.270. The number of carbonyl (C=O) groups excluding carboxylic acids is 1. The third-order valence-corrected chi connectivity index (χ3v) is 1.85. The van der Waals surface area contributed by atoms with E-state index in [9.17, 15) is 4.79 Å². The monoisotopic (exact) mass is 242 g/mol. The van der Waals surface area contributed by atoms with Gasteiger partial charge in [0.2, 0.25) is 0 Å². The highest BCUT2D eigenvalue weighted by molar-refractivity contribution is 5.87. The number of rotatable bonds is 9. The lowest BCUT2D eigenvalue weighted by atomic mass is 10.3. The summed E-state index contributed by atoms with van der Waals surface area (Å²) in [6, 6.07) is 0. The smallest absolute Gasteiger partial charge is 0.351 e. The lowest BCUT2D eigenvalue weighted by molar-refractivity contribution is -0.331. The first kappa shape index (κ1) is 15.9. The van der Waals surface area contributed by atoms with E-state index in [2.05, 4.69) is 13.2 Å². The fraction of sp³-hybridized carbons (Fsp3) is 0.615.